The number of benzene rings is 2. The average molecular weight is 323 g/mol. The maximum absolute atomic E-state index is 12.6. The zero-order valence-electron chi connectivity index (χ0n) is 13.2. The van der Waals surface area contributed by atoms with Gasteiger partial charge in [0.2, 0.25) is 11.8 Å². The van der Waals surface area contributed by atoms with E-state index >= 15 is 0 Å². The van der Waals surface area contributed by atoms with E-state index in [0.29, 0.717) is 12.1 Å². The van der Waals surface area contributed by atoms with Crippen LogP contribution in [0.15, 0.2) is 48.5 Å². The highest BCUT2D eigenvalue weighted by atomic mass is 16.4. The molecule has 0 spiro atoms. The zero-order valence-corrected chi connectivity index (χ0v) is 13.2. The quantitative estimate of drug-likeness (QED) is 0.878. The molecule has 1 aliphatic heterocycles. The van der Waals surface area contributed by atoms with E-state index in [1.165, 1.54) is 24.3 Å². The predicted octanol–water partition coefficient (Wildman–Crippen LogP) is 2.82. The Kier molecular flexibility index (Phi) is 4.16. The van der Waals surface area contributed by atoms with E-state index in [1.54, 1.807) is 0 Å². The summed E-state index contributed by atoms with van der Waals surface area (Å²) in [5.41, 5.74) is 2.71. The molecule has 0 aromatic heterocycles. The van der Waals surface area contributed by atoms with Crippen molar-refractivity contribution >= 4 is 23.5 Å². The number of hydrogen-bond donors (Lipinski definition) is 1. The Morgan fingerprint density at radius 2 is 1.71 bits per heavy atom. The highest BCUT2D eigenvalue weighted by Gasteiger charge is 2.39. The van der Waals surface area contributed by atoms with Crippen LogP contribution in [0.25, 0.3) is 0 Å². The number of carboxylic acid groups (broad SMARTS) is 1. The summed E-state index contributed by atoms with van der Waals surface area (Å²) in [5, 5.41) is 8.92. The van der Waals surface area contributed by atoms with Crippen molar-refractivity contribution in [1.29, 1.82) is 0 Å². The van der Waals surface area contributed by atoms with Crippen molar-refractivity contribution in [2.75, 3.05) is 4.90 Å². The van der Waals surface area contributed by atoms with Gasteiger partial charge < -0.3 is 5.11 Å². The number of nitrogens with zero attached hydrogens (tertiary/aromatic N) is 1. The molecular weight excluding hydrogens is 306 g/mol. The molecule has 0 bridgehead atoms. The molecule has 3 rings (SSSR count). The number of imide groups is 1. The van der Waals surface area contributed by atoms with Crippen LogP contribution in [0.5, 0.6) is 0 Å². The maximum Gasteiger partial charge on any atom is 0.335 e. The largest absolute Gasteiger partial charge is 0.478 e. The minimum atomic E-state index is -1.04. The fourth-order valence-electron chi connectivity index (χ4n) is 2.89. The molecule has 2 amide bonds. The Bertz CT molecular complexity index is 793. The fourth-order valence-corrected chi connectivity index (χ4v) is 2.89. The van der Waals surface area contributed by atoms with Gasteiger partial charge in [0, 0.05) is 6.42 Å². The van der Waals surface area contributed by atoms with Crippen LogP contribution in [-0.4, -0.2) is 22.9 Å². The summed E-state index contributed by atoms with van der Waals surface area (Å²) in [6.45, 7) is 2.00. The van der Waals surface area contributed by atoms with Crippen LogP contribution in [0, 0.1) is 12.8 Å². The summed E-state index contributed by atoms with van der Waals surface area (Å²) in [4.78, 5) is 36.9. The highest BCUT2D eigenvalue weighted by molar-refractivity contribution is 6.21. The number of aromatic carboxylic acids is 1. The van der Waals surface area contributed by atoms with Gasteiger partial charge in [0.25, 0.3) is 0 Å². The molecule has 0 saturated carbocycles. The normalized spacial score (nSPS) is 17.4. The van der Waals surface area contributed by atoms with Crippen LogP contribution < -0.4 is 4.90 Å². The first kappa shape index (κ1) is 15.9. The molecule has 1 atom stereocenters. The van der Waals surface area contributed by atoms with Crippen LogP contribution in [-0.2, 0) is 16.0 Å². The van der Waals surface area contributed by atoms with E-state index in [2.05, 4.69) is 0 Å². The Morgan fingerprint density at radius 3 is 2.29 bits per heavy atom. The second kappa shape index (κ2) is 6.28. The lowest BCUT2D eigenvalue weighted by atomic mass is 9.97. The molecule has 2 aromatic rings. The topological polar surface area (TPSA) is 74.7 Å². The maximum atomic E-state index is 12.6. The van der Waals surface area contributed by atoms with Crippen molar-refractivity contribution < 1.29 is 19.5 Å². The zero-order chi connectivity index (χ0) is 17.3. The number of rotatable bonds is 4. The second-order valence-electron chi connectivity index (χ2n) is 6.01. The molecule has 24 heavy (non-hydrogen) atoms. The second-order valence-corrected chi connectivity index (χ2v) is 6.01. The van der Waals surface area contributed by atoms with Crippen molar-refractivity contribution in [3.8, 4) is 0 Å². The molecular formula is C19H17NO4. The highest BCUT2D eigenvalue weighted by Crippen LogP contribution is 2.29. The van der Waals surface area contributed by atoms with Gasteiger partial charge in [-0.3, -0.25) is 14.5 Å². The third-order valence-corrected chi connectivity index (χ3v) is 4.22. The van der Waals surface area contributed by atoms with Crippen molar-refractivity contribution in [3.05, 3.63) is 65.2 Å². The molecule has 0 aliphatic carbocycles. The number of carboxylic acids is 1. The summed E-state index contributed by atoms with van der Waals surface area (Å²) in [5.74, 6) is -1.90. The molecule has 0 radical (unpaired) electrons. The third kappa shape index (κ3) is 3.06. The number of aryl methyl sites for hydroxylation is 1. The smallest absolute Gasteiger partial charge is 0.335 e. The predicted molar refractivity (Wildman–Crippen MR) is 88.9 cm³/mol. The molecule has 1 N–H and O–H groups in total. The lowest BCUT2D eigenvalue weighted by Crippen LogP contribution is -2.30. The van der Waals surface area contributed by atoms with Crippen molar-refractivity contribution in [3.63, 3.8) is 0 Å². The Balaban J connectivity index is 1.78. The summed E-state index contributed by atoms with van der Waals surface area (Å²) < 4.78 is 0. The Morgan fingerprint density at radius 1 is 1.08 bits per heavy atom. The minimum absolute atomic E-state index is 0.119. The summed E-state index contributed by atoms with van der Waals surface area (Å²) in [6, 6.07) is 13.7. The van der Waals surface area contributed by atoms with E-state index < -0.39 is 5.97 Å². The number of carbonyl (C=O) groups excluding carboxylic acids is 2. The van der Waals surface area contributed by atoms with Crippen LogP contribution in [0.2, 0.25) is 0 Å². The van der Waals surface area contributed by atoms with Gasteiger partial charge in [-0.1, -0.05) is 29.8 Å². The monoisotopic (exact) mass is 323 g/mol. The van der Waals surface area contributed by atoms with Gasteiger partial charge in [0.05, 0.1) is 17.2 Å². The van der Waals surface area contributed by atoms with Gasteiger partial charge in [0.15, 0.2) is 0 Å². The first-order chi connectivity index (χ1) is 11.5. The van der Waals surface area contributed by atoms with Gasteiger partial charge in [-0.05, 0) is 43.2 Å². The lowest BCUT2D eigenvalue weighted by Gasteiger charge is -2.15. The summed E-state index contributed by atoms with van der Waals surface area (Å²) >= 11 is 0. The average Bonchev–Trinajstić information content (AvgIpc) is 2.83. The van der Waals surface area contributed by atoms with Crippen LogP contribution >= 0.6 is 0 Å². The molecule has 2 aromatic carbocycles. The molecule has 5 heteroatoms. The number of hydrogen-bond acceptors (Lipinski definition) is 3. The van der Waals surface area contributed by atoms with Crippen LogP contribution in [0.4, 0.5) is 5.69 Å². The molecule has 5 nitrogen and oxygen atoms in total. The van der Waals surface area contributed by atoms with Gasteiger partial charge in [-0.15, -0.1) is 0 Å². The van der Waals surface area contributed by atoms with Gasteiger partial charge >= 0.3 is 5.97 Å². The lowest BCUT2D eigenvalue weighted by molar-refractivity contribution is -0.122. The molecule has 1 saturated heterocycles. The van der Waals surface area contributed by atoms with Gasteiger partial charge in [0.1, 0.15) is 0 Å². The number of carbonyl (C=O) groups is 3. The Hall–Kier alpha value is -2.95. The van der Waals surface area contributed by atoms with Crippen molar-refractivity contribution in [2.24, 2.45) is 5.92 Å². The molecule has 122 valence electrons. The van der Waals surface area contributed by atoms with E-state index in [9.17, 15) is 14.4 Å². The molecule has 1 fully saturated rings. The van der Waals surface area contributed by atoms with Crippen LogP contribution in [0.3, 0.4) is 0 Å². The SMILES string of the molecule is Cc1ccc(C[C@@H]2CC(=O)N(c3ccc(C(=O)O)cc3)C2=O)cc1. The summed E-state index contributed by atoms with van der Waals surface area (Å²) in [7, 11) is 0. The summed E-state index contributed by atoms with van der Waals surface area (Å²) in [6.07, 6.45) is 0.696. The molecule has 0 unspecified atom stereocenters. The number of anilines is 1. The van der Waals surface area contributed by atoms with Crippen molar-refractivity contribution in [2.45, 2.75) is 19.8 Å². The fraction of sp³-hybridized carbons (Fsp3) is 0.211. The number of amides is 2. The van der Waals surface area contributed by atoms with E-state index in [4.69, 9.17) is 5.11 Å². The standard InChI is InChI=1S/C19H17NO4/c1-12-2-4-13(5-3-12)10-15-11-17(21)20(18(15)22)16-8-6-14(7-9-16)19(23)24/h2-9,15H,10-11H2,1H3,(H,23,24)/t15-/m1/s1. The van der Waals surface area contributed by atoms with E-state index in [1.807, 2.05) is 31.2 Å². The van der Waals surface area contributed by atoms with Gasteiger partial charge in [-0.25, -0.2) is 4.79 Å². The van der Waals surface area contributed by atoms with E-state index in [0.717, 1.165) is 16.0 Å². The first-order valence-electron chi connectivity index (χ1n) is 7.71. The van der Waals surface area contributed by atoms with E-state index in [-0.39, 0.29) is 29.7 Å². The molecule has 1 heterocycles. The van der Waals surface area contributed by atoms with Gasteiger partial charge in [-0.2, -0.15) is 0 Å². The minimum Gasteiger partial charge on any atom is -0.478 e. The first-order valence-corrected chi connectivity index (χ1v) is 7.71. The Labute approximate surface area is 139 Å². The van der Waals surface area contributed by atoms with Crippen LogP contribution in [0.1, 0.15) is 27.9 Å². The van der Waals surface area contributed by atoms with Crippen molar-refractivity contribution in [1.82, 2.24) is 0 Å². The molecule has 1 aliphatic rings. The third-order valence-electron chi connectivity index (χ3n) is 4.22.